The number of nitrogens with zero attached hydrogens (tertiary/aromatic N) is 1. The molecule has 24 heavy (non-hydrogen) atoms. The quantitative estimate of drug-likeness (QED) is 0.642. The highest BCUT2D eigenvalue weighted by atomic mass is 15.2. The van der Waals surface area contributed by atoms with Crippen LogP contribution < -0.4 is 0 Å². The van der Waals surface area contributed by atoms with Crippen molar-refractivity contribution in [2.24, 2.45) is 0 Å². The van der Waals surface area contributed by atoms with Gasteiger partial charge in [0.15, 0.2) is 0 Å². The zero-order valence-corrected chi connectivity index (χ0v) is 15.4. The van der Waals surface area contributed by atoms with Crippen LogP contribution in [-0.4, -0.2) is 23.5 Å². The Morgan fingerprint density at radius 3 is 2.25 bits per heavy atom. The third-order valence-corrected chi connectivity index (χ3v) is 5.77. The van der Waals surface area contributed by atoms with Crippen LogP contribution in [0.25, 0.3) is 11.1 Å². The number of hydrogen-bond donors (Lipinski definition) is 0. The number of likely N-dealkylation sites (tertiary alicyclic amines) is 1. The van der Waals surface area contributed by atoms with Crippen molar-refractivity contribution in [2.45, 2.75) is 64.5 Å². The number of rotatable bonds is 5. The minimum atomic E-state index is 0.586. The van der Waals surface area contributed by atoms with Gasteiger partial charge in [-0.25, -0.2) is 0 Å². The minimum Gasteiger partial charge on any atom is -0.298 e. The first kappa shape index (κ1) is 17.2. The Labute approximate surface area is 147 Å². The fraction of sp³-hybridized carbons (Fsp3) is 0.478. The molecule has 1 aliphatic heterocycles. The van der Waals surface area contributed by atoms with E-state index in [1.807, 2.05) is 0 Å². The molecular formula is C23H31N. The summed E-state index contributed by atoms with van der Waals surface area (Å²) in [7, 11) is 0. The predicted molar refractivity (Wildman–Crippen MR) is 104 cm³/mol. The van der Waals surface area contributed by atoms with Crippen LogP contribution in [0.5, 0.6) is 0 Å². The van der Waals surface area contributed by atoms with Crippen LogP contribution in [0.1, 0.15) is 57.9 Å². The monoisotopic (exact) mass is 321 g/mol. The van der Waals surface area contributed by atoms with E-state index in [1.165, 1.54) is 48.9 Å². The van der Waals surface area contributed by atoms with Gasteiger partial charge in [-0.1, -0.05) is 67.9 Å². The van der Waals surface area contributed by atoms with Gasteiger partial charge in [0.2, 0.25) is 0 Å². The third-order valence-electron chi connectivity index (χ3n) is 5.77. The van der Waals surface area contributed by atoms with E-state index in [0.717, 1.165) is 12.1 Å². The van der Waals surface area contributed by atoms with E-state index in [-0.39, 0.29) is 0 Å². The molecule has 1 heteroatoms. The Morgan fingerprint density at radius 2 is 1.54 bits per heavy atom. The molecule has 2 aromatic carbocycles. The van der Waals surface area contributed by atoms with Crippen molar-refractivity contribution >= 4 is 0 Å². The Bertz CT molecular complexity index is 623. The number of piperidine rings is 1. The van der Waals surface area contributed by atoms with Gasteiger partial charge in [-0.2, -0.15) is 0 Å². The molecular weight excluding hydrogens is 290 g/mol. The van der Waals surface area contributed by atoms with Gasteiger partial charge in [0.05, 0.1) is 0 Å². The Kier molecular flexibility index (Phi) is 5.73. The summed E-state index contributed by atoms with van der Waals surface area (Å²) in [4.78, 5) is 2.73. The van der Waals surface area contributed by atoms with Crippen LogP contribution in [0, 0.1) is 0 Å². The summed E-state index contributed by atoms with van der Waals surface area (Å²) in [6.07, 6.45) is 5.35. The SMILES string of the molecule is CC(CCN1C(C)CCCC1C)c1ccccc1-c1ccccc1. The van der Waals surface area contributed by atoms with E-state index in [4.69, 9.17) is 0 Å². The highest BCUT2D eigenvalue weighted by Crippen LogP contribution is 2.32. The Hall–Kier alpha value is -1.60. The van der Waals surface area contributed by atoms with Crippen LogP contribution in [0.15, 0.2) is 54.6 Å². The summed E-state index contributed by atoms with van der Waals surface area (Å²) in [6, 6.07) is 21.2. The van der Waals surface area contributed by atoms with Crippen LogP contribution in [0.3, 0.4) is 0 Å². The average molecular weight is 322 g/mol. The molecule has 0 aromatic heterocycles. The van der Waals surface area contributed by atoms with E-state index in [1.54, 1.807) is 0 Å². The summed E-state index contributed by atoms with van der Waals surface area (Å²) in [5.41, 5.74) is 4.21. The van der Waals surface area contributed by atoms with Gasteiger partial charge in [-0.15, -0.1) is 0 Å². The topological polar surface area (TPSA) is 3.24 Å². The maximum Gasteiger partial charge on any atom is 0.00697 e. The molecule has 1 heterocycles. The van der Waals surface area contributed by atoms with Crippen LogP contribution in [0.4, 0.5) is 0 Å². The summed E-state index contributed by atoms with van der Waals surface area (Å²) in [5.74, 6) is 0.586. The fourth-order valence-electron chi connectivity index (χ4n) is 4.22. The highest BCUT2D eigenvalue weighted by molar-refractivity contribution is 5.67. The molecule has 1 saturated heterocycles. The standard InChI is InChI=1S/C23H31N/c1-18(16-17-24-19(2)10-9-11-20(24)3)22-14-7-8-15-23(22)21-12-5-4-6-13-21/h4-8,12-15,18-20H,9-11,16-17H2,1-3H3. The van der Waals surface area contributed by atoms with E-state index in [2.05, 4.69) is 80.3 Å². The Balaban J connectivity index is 1.73. The summed E-state index contributed by atoms with van der Waals surface area (Å²) >= 11 is 0. The van der Waals surface area contributed by atoms with Crippen molar-refractivity contribution in [3.05, 3.63) is 60.2 Å². The van der Waals surface area contributed by atoms with Crippen LogP contribution >= 0.6 is 0 Å². The van der Waals surface area contributed by atoms with Gasteiger partial charge in [-0.3, -0.25) is 4.90 Å². The van der Waals surface area contributed by atoms with E-state index < -0.39 is 0 Å². The van der Waals surface area contributed by atoms with Gasteiger partial charge in [-0.05, 0) is 62.3 Å². The third kappa shape index (κ3) is 3.89. The van der Waals surface area contributed by atoms with Crippen LogP contribution in [0.2, 0.25) is 0 Å². The van der Waals surface area contributed by atoms with E-state index in [0.29, 0.717) is 5.92 Å². The van der Waals surface area contributed by atoms with Gasteiger partial charge < -0.3 is 0 Å². The molecule has 3 unspecified atom stereocenters. The maximum atomic E-state index is 2.73. The second-order valence-electron chi connectivity index (χ2n) is 7.51. The van der Waals surface area contributed by atoms with Gasteiger partial charge in [0.1, 0.15) is 0 Å². The zero-order valence-electron chi connectivity index (χ0n) is 15.4. The molecule has 3 rings (SSSR count). The second-order valence-corrected chi connectivity index (χ2v) is 7.51. The van der Waals surface area contributed by atoms with Gasteiger partial charge >= 0.3 is 0 Å². The summed E-state index contributed by atoms with van der Waals surface area (Å²) < 4.78 is 0. The van der Waals surface area contributed by atoms with Crippen molar-refractivity contribution in [3.63, 3.8) is 0 Å². The Morgan fingerprint density at radius 1 is 0.917 bits per heavy atom. The first-order chi connectivity index (χ1) is 11.7. The van der Waals surface area contributed by atoms with Crippen molar-refractivity contribution in [1.29, 1.82) is 0 Å². The molecule has 0 radical (unpaired) electrons. The molecule has 0 bridgehead atoms. The van der Waals surface area contributed by atoms with Crippen molar-refractivity contribution in [2.75, 3.05) is 6.54 Å². The molecule has 1 aliphatic rings. The lowest BCUT2D eigenvalue weighted by Gasteiger charge is -2.39. The van der Waals surface area contributed by atoms with E-state index >= 15 is 0 Å². The predicted octanol–water partition coefficient (Wildman–Crippen LogP) is 6.11. The molecule has 0 amide bonds. The number of hydrogen-bond acceptors (Lipinski definition) is 1. The highest BCUT2D eigenvalue weighted by Gasteiger charge is 2.25. The van der Waals surface area contributed by atoms with Gasteiger partial charge in [0, 0.05) is 12.1 Å². The minimum absolute atomic E-state index is 0.586. The van der Waals surface area contributed by atoms with Crippen molar-refractivity contribution < 1.29 is 0 Å². The van der Waals surface area contributed by atoms with Crippen molar-refractivity contribution in [3.8, 4) is 11.1 Å². The molecule has 0 saturated carbocycles. The second kappa shape index (κ2) is 7.98. The molecule has 1 fully saturated rings. The molecule has 1 nitrogen and oxygen atoms in total. The molecule has 128 valence electrons. The summed E-state index contributed by atoms with van der Waals surface area (Å²) in [6.45, 7) is 8.41. The largest absolute Gasteiger partial charge is 0.298 e. The lowest BCUT2D eigenvalue weighted by Crippen LogP contribution is -2.44. The smallest absolute Gasteiger partial charge is 0.00697 e. The molecule has 0 spiro atoms. The molecule has 3 atom stereocenters. The summed E-state index contributed by atoms with van der Waals surface area (Å²) in [5, 5.41) is 0. The normalized spacial score (nSPS) is 23.1. The molecule has 0 N–H and O–H groups in total. The molecule has 2 aromatic rings. The first-order valence-electron chi connectivity index (χ1n) is 9.57. The zero-order chi connectivity index (χ0) is 16.9. The van der Waals surface area contributed by atoms with E-state index in [9.17, 15) is 0 Å². The molecule has 0 aliphatic carbocycles. The number of benzene rings is 2. The maximum absolute atomic E-state index is 2.73. The van der Waals surface area contributed by atoms with Crippen LogP contribution in [-0.2, 0) is 0 Å². The van der Waals surface area contributed by atoms with Gasteiger partial charge in [0.25, 0.3) is 0 Å². The lowest BCUT2D eigenvalue weighted by molar-refractivity contribution is 0.100. The lowest BCUT2D eigenvalue weighted by atomic mass is 9.89. The first-order valence-corrected chi connectivity index (χ1v) is 9.57. The fourth-order valence-corrected chi connectivity index (χ4v) is 4.22. The average Bonchev–Trinajstić information content (AvgIpc) is 2.62. The van der Waals surface area contributed by atoms with Crippen molar-refractivity contribution in [1.82, 2.24) is 4.90 Å².